The Kier molecular flexibility index (Phi) is 5.95. The molecular weight excluding hydrogens is 270 g/mol. The quantitative estimate of drug-likeness (QED) is 0.683. The van der Waals surface area contributed by atoms with Crippen LogP contribution in [0.2, 0.25) is 5.02 Å². The van der Waals surface area contributed by atoms with E-state index in [4.69, 9.17) is 11.6 Å². The van der Waals surface area contributed by atoms with Gasteiger partial charge in [0.25, 0.3) is 0 Å². The Hall–Kier alpha value is -1.43. The molecule has 1 aromatic rings. The Balaban J connectivity index is 2.73. The van der Waals surface area contributed by atoms with Crippen molar-refractivity contribution >= 4 is 23.8 Å². The fourth-order valence-corrected chi connectivity index (χ4v) is 1.86. The molecule has 0 aliphatic carbocycles. The van der Waals surface area contributed by atoms with Crippen LogP contribution in [-0.4, -0.2) is 35.1 Å². The number of nitrogens with one attached hydrogen (secondary N) is 1. The fraction of sp³-hybridized carbons (Fsp3) is 0.385. The summed E-state index contributed by atoms with van der Waals surface area (Å²) in [5.41, 5.74) is 0.549. The van der Waals surface area contributed by atoms with Gasteiger partial charge in [-0.1, -0.05) is 17.7 Å². The zero-order valence-electron chi connectivity index (χ0n) is 10.5. The number of halogens is 1. The lowest BCUT2D eigenvalue weighted by Gasteiger charge is -2.19. The van der Waals surface area contributed by atoms with Crippen molar-refractivity contribution in [3.8, 4) is 0 Å². The van der Waals surface area contributed by atoms with Crippen molar-refractivity contribution in [1.82, 2.24) is 5.32 Å². The normalized spacial score (nSPS) is 13.7. The molecule has 1 amide bonds. The lowest BCUT2D eigenvalue weighted by Crippen LogP contribution is -2.28. The minimum absolute atomic E-state index is 0.182. The third-order valence-corrected chi connectivity index (χ3v) is 2.91. The van der Waals surface area contributed by atoms with Crippen LogP contribution in [0.1, 0.15) is 35.4 Å². The van der Waals surface area contributed by atoms with E-state index in [1.54, 1.807) is 0 Å². The molecule has 19 heavy (non-hydrogen) atoms. The minimum Gasteiger partial charge on any atom is -0.390 e. The molecule has 0 heterocycles. The number of benzene rings is 1. The zero-order chi connectivity index (χ0) is 14.4. The molecule has 0 saturated carbocycles. The van der Waals surface area contributed by atoms with Crippen LogP contribution in [0.5, 0.6) is 0 Å². The van der Waals surface area contributed by atoms with E-state index in [1.807, 2.05) is 0 Å². The van der Waals surface area contributed by atoms with Gasteiger partial charge < -0.3 is 15.5 Å². The third-order valence-electron chi connectivity index (χ3n) is 2.67. The van der Waals surface area contributed by atoms with Crippen LogP contribution in [0.25, 0.3) is 0 Å². The molecule has 6 heteroatoms. The van der Waals surface area contributed by atoms with Crippen molar-refractivity contribution in [3.05, 3.63) is 34.3 Å². The molecule has 1 rings (SSSR count). The predicted octanol–water partition coefficient (Wildman–Crippen LogP) is 1.07. The first-order valence-electron chi connectivity index (χ1n) is 5.81. The second-order valence-corrected chi connectivity index (χ2v) is 4.61. The van der Waals surface area contributed by atoms with Gasteiger partial charge in [0, 0.05) is 24.1 Å². The summed E-state index contributed by atoms with van der Waals surface area (Å²) in [5.74, 6) is -0.207. The summed E-state index contributed by atoms with van der Waals surface area (Å²) in [6.07, 6.45) is -1.52. The van der Waals surface area contributed by atoms with Crippen molar-refractivity contribution in [2.45, 2.75) is 25.6 Å². The van der Waals surface area contributed by atoms with Gasteiger partial charge in [0.15, 0.2) is 0 Å². The summed E-state index contributed by atoms with van der Waals surface area (Å²) in [4.78, 5) is 21.6. The minimum atomic E-state index is -1.20. The van der Waals surface area contributed by atoms with Crippen LogP contribution in [0.3, 0.4) is 0 Å². The topological polar surface area (TPSA) is 86.6 Å². The number of aldehydes is 1. The molecular formula is C13H16ClNO4. The van der Waals surface area contributed by atoms with Crippen LogP contribution in [-0.2, 0) is 4.79 Å². The first-order chi connectivity index (χ1) is 8.95. The van der Waals surface area contributed by atoms with Crippen LogP contribution in [0.4, 0.5) is 0 Å². The maximum atomic E-state index is 10.9. The average Bonchev–Trinajstić information content (AvgIpc) is 2.37. The lowest BCUT2D eigenvalue weighted by atomic mass is 9.97. The van der Waals surface area contributed by atoms with E-state index in [-0.39, 0.29) is 24.4 Å². The Morgan fingerprint density at radius 1 is 1.47 bits per heavy atom. The Bertz CT molecular complexity index is 464. The monoisotopic (exact) mass is 285 g/mol. The molecule has 0 saturated heterocycles. The number of aliphatic hydroxyl groups is 2. The molecule has 1 aromatic carbocycles. The third kappa shape index (κ3) is 4.63. The molecule has 0 bridgehead atoms. The zero-order valence-corrected chi connectivity index (χ0v) is 11.2. The number of amides is 1. The number of aliphatic hydroxyl groups excluding tert-OH is 2. The molecule has 5 nitrogen and oxygen atoms in total. The maximum absolute atomic E-state index is 10.9. The van der Waals surface area contributed by atoms with Gasteiger partial charge in [0.05, 0.1) is 6.10 Å². The second kappa shape index (κ2) is 7.23. The first kappa shape index (κ1) is 15.6. The van der Waals surface area contributed by atoms with Gasteiger partial charge in [-0.2, -0.15) is 0 Å². The molecule has 0 radical (unpaired) electrons. The molecule has 2 atom stereocenters. The van der Waals surface area contributed by atoms with E-state index < -0.39 is 12.2 Å². The highest BCUT2D eigenvalue weighted by molar-refractivity contribution is 6.30. The number of hydrogen-bond donors (Lipinski definition) is 3. The number of hydrogen-bond acceptors (Lipinski definition) is 4. The van der Waals surface area contributed by atoms with Gasteiger partial charge >= 0.3 is 0 Å². The summed E-state index contributed by atoms with van der Waals surface area (Å²) in [6, 6.07) is 4.46. The van der Waals surface area contributed by atoms with E-state index in [0.717, 1.165) is 0 Å². The molecule has 0 aromatic heterocycles. The molecule has 3 N–H and O–H groups in total. The van der Waals surface area contributed by atoms with Crippen molar-refractivity contribution in [2.75, 3.05) is 6.54 Å². The molecule has 0 fully saturated rings. The van der Waals surface area contributed by atoms with E-state index in [9.17, 15) is 19.8 Å². The Morgan fingerprint density at radius 3 is 2.74 bits per heavy atom. The van der Waals surface area contributed by atoms with Gasteiger partial charge in [-0.3, -0.25) is 9.59 Å². The van der Waals surface area contributed by atoms with Gasteiger partial charge in [0.2, 0.25) is 5.91 Å². The van der Waals surface area contributed by atoms with Crippen molar-refractivity contribution in [3.63, 3.8) is 0 Å². The SMILES string of the molecule is CC(=O)NCCC(O)C(O)c1ccc(Cl)cc1C=O. The predicted molar refractivity (Wildman–Crippen MR) is 71.1 cm³/mol. The van der Waals surface area contributed by atoms with Crippen molar-refractivity contribution in [2.24, 2.45) is 0 Å². The van der Waals surface area contributed by atoms with Crippen LogP contribution in [0.15, 0.2) is 18.2 Å². The smallest absolute Gasteiger partial charge is 0.216 e. The summed E-state index contributed by atoms with van der Waals surface area (Å²) in [5, 5.41) is 22.7. The highest BCUT2D eigenvalue weighted by atomic mass is 35.5. The van der Waals surface area contributed by atoms with Crippen molar-refractivity contribution in [1.29, 1.82) is 0 Å². The molecule has 2 unspecified atom stereocenters. The number of rotatable bonds is 6. The van der Waals surface area contributed by atoms with E-state index in [2.05, 4.69) is 5.32 Å². The van der Waals surface area contributed by atoms with Crippen LogP contribution < -0.4 is 5.32 Å². The highest BCUT2D eigenvalue weighted by Gasteiger charge is 2.21. The lowest BCUT2D eigenvalue weighted by molar-refractivity contribution is -0.119. The molecule has 0 aliphatic heterocycles. The van der Waals surface area contributed by atoms with Crippen molar-refractivity contribution < 1.29 is 19.8 Å². The second-order valence-electron chi connectivity index (χ2n) is 4.17. The summed E-state index contributed by atoms with van der Waals surface area (Å²) in [6.45, 7) is 1.62. The summed E-state index contributed by atoms with van der Waals surface area (Å²) in [7, 11) is 0. The van der Waals surface area contributed by atoms with E-state index >= 15 is 0 Å². The molecule has 104 valence electrons. The number of carbonyl (C=O) groups is 2. The van der Waals surface area contributed by atoms with Gasteiger partial charge in [-0.05, 0) is 24.1 Å². The Morgan fingerprint density at radius 2 is 2.16 bits per heavy atom. The molecule has 0 aliphatic rings. The summed E-state index contributed by atoms with van der Waals surface area (Å²) >= 11 is 5.75. The van der Waals surface area contributed by atoms with Crippen LogP contribution in [0, 0.1) is 0 Å². The van der Waals surface area contributed by atoms with E-state index in [0.29, 0.717) is 16.9 Å². The maximum Gasteiger partial charge on any atom is 0.216 e. The van der Waals surface area contributed by atoms with Gasteiger partial charge in [-0.25, -0.2) is 0 Å². The molecule has 0 spiro atoms. The summed E-state index contributed by atoms with van der Waals surface area (Å²) < 4.78 is 0. The first-order valence-corrected chi connectivity index (χ1v) is 6.18. The van der Waals surface area contributed by atoms with E-state index in [1.165, 1.54) is 25.1 Å². The highest BCUT2D eigenvalue weighted by Crippen LogP contribution is 2.24. The van der Waals surface area contributed by atoms with Gasteiger partial charge in [-0.15, -0.1) is 0 Å². The standard InChI is InChI=1S/C13H16ClNO4/c1-8(17)15-5-4-12(18)13(19)11-3-2-10(14)6-9(11)7-16/h2-3,6-7,12-13,18-19H,4-5H2,1H3,(H,15,17). The Labute approximate surface area is 116 Å². The number of carbonyl (C=O) groups excluding carboxylic acids is 2. The van der Waals surface area contributed by atoms with Gasteiger partial charge in [0.1, 0.15) is 12.4 Å². The van der Waals surface area contributed by atoms with Crippen LogP contribution >= 0.6 is 11.6 Å². The fourth-order valence-electron chi connectivity index (χ4n) is 1.68. The largest absolute Gasteiger partial charge is 0.390 e. The average molecular weight is 286 g/mol.